The summed E-state index contributed by atoms with van der Waals surface area (Å²) in [5, 5.41) is 12.0. The Bertz CT molecular complexity index is 1230. The summed E-state index contributed by atoms with van der Waals surface area (Å²) in [7, 11) is 3.32. The van der Waals surface area contributed by atoms with E-state index < -0.39 is 6.03 Å². The fraction of sp³-hybridized carbons (Fsp3) is 0.440. The van der Waals surface area contributed by atoms with Gasteiger partial charge in [0.25, 0.3) is 0 Å². The van der Waals surface area contributed by atoms with Gasteiger partial charge in [-0.1, -0.05) is 0 Å². The van der Waals surface area contributed by atoms with Gasteiger partial charge in [-0.25, -0.2) is 14.8 Å². The van der Waals surface area contributed by atoms with E-state index in [4.69, 9.17) is 9.47 Å². The molecule has 3 amide bonds. The molecule has 2 aliphatic heterocycles. The summed E-state index contributed by atoms with van der Waals surface area (Å²) in [6.07, 6.45) is 3.46. The van der Waals surface area contributed by atoms with Crippen LogP contribution < -0.4 is 15.0 Å². The zero-order valence-electron chi connectivity index (χ0n) is 20.9. The summed E-state index contributed by atoms with van der Waals surface area (Å²) < 4.78 is 10.6. The number of piperazine rings is 1. The number of aryl methyl sites for hydroxylation is 1. The molecule has 0 unspecified atom stereocenters. The van der Waals surface area contributed by atoms with Gasteiger partial charge in [0, 0.05) is 46.4 Å². The largest absolute Gasteiger partial charge is 0.490 e. The number of anilines is 2. The van der Waals surface area contributed by atoms with Gasteiger partial charge in [-0.05, 0) is 30.0 Å². The third-order valence-electron chi connectivity index (χ3n) is 6.33. The Balaban J connectivity index is 1.52. The van der Waals surface area contributed by atoms with Gasteiger partial charge in [0.15, 0.2) is 6.29 Å². The number of hydrogen-bond acceptors (Lipinski definition) is 9. The molecule has 12 nitrogen and oxygen atoms in total. The Morgan fingerprint density at radius 1 is 1.27 bits per heavy atom. The highest BCUT2D eigenvalue weighted by Gasteiger charge is 2.28. The van der Waals surface area contributed by atoms with Crippen molar-refractivity contribution in [3.05, 3.63) is 40.7 Å². The molecule has 1 N–H and O–H groups in total. The van der Waals surface area contributed by atoms with Crippen molar-refractivity contribution >= 4 is 29.9 Å². The number of nitriles is 1. The van der Waals surface area contributed by atoms with Gasteiger partial charge >= 0.3 is 6.03 Å². The first-order valence-corrected chi connectivity index (χ1v) is 12.0. The summed E-state index contributed by atoms with van der Waals surface area (Å²) in [5.74, 6) is 0.971. The summed E-state index contributed by atoms with van der Waals surface area (Å²) in [6.45, 7) is 3.06. The molecule has 2 aromatic heterocycles. The minimum absolute atomic E-state index is 0.0383. The van der Waals surface area contributed by atoms with Gasteiger partial charge in [0.05, 0.1) is 19.3 Å². The predicted molar refractivity (Wildman–Crippen MR) is 134 cm³/mol. The molecule has 0 saturated carbocycles. The number of aldehydes is 1. The maximum Gasteiger partial charge on any atom is 0.328 e. The Labute approximate surface area is 214 Å². The first-order chi connectivity index (χ1) is 17.9. The molecular weight excluding hydrogens is 478 g/mol. The average Bonchev–Trinajstić information content (AvgIpc) is 2.90. The number of aromatic nitrogens is 2. The molecule has 0 spiro atoms. The molecule has 0 aromatic carbocycles. The van der Waals surface area contributed by atoms with Crippen LogP contribution in [0.3, 0.4) is 0 Å². The highest BCUT2D eigenvalue weighted by atomic mass is 16.5. The molecule has 2 aliphatic rings. The first kappa shape index (κ1) is 26.0. The van der Waals surface area contributed by atoms with Crippen molar-refractivity contribution in [2.75, 3.05) is 63.8 Å². The van der Waals surface area contributed by atoms with Crippen molar-refractivity contribution in [1.29, 1.82) is 5.26 Å². The second kappa shape index (κ2) is 11.8. The van der Waals surface area contributed by atoms with Crippen molar-refractivity contribution in [2.45, 2.75) is 19.4 Å². The van der Waals surface area contributed by atoms with Crippen molar-refractivity contribution < 1.29 is 23.9 Å². The summed E-state index contributed by atoms with van der Waals surface area (Å²) >= 11 is 0. The van der Waals surface area contributed by atoms with Crippen LogP contribution in [0, 0.1) is 11.3 Å². The van der Waals surface area contributed by atoms with E-state index in [-0.39, 0.29) is 41.9 Å². The van der Waals surface area contributed by atoms with Gasteiger partial charge in [0.2, 0.25) is 5.91 Å². The number of fused-ring (bicyclic) bond motifs is 1. The molecule has 0 aliphatic carbocycles. The number of carbonyl (C=O) groups excluding carboxylic acids is 3. The number of pyridine rings is 2. The van der Waals surface area contributed by atoms with E-state index in [1.54, 1.807) is 19.1 Å². The quantitative estimate of drug-likeness (QED) is 0.415. The highest BCUT2D eigenvalue weighted by molar-refractivity contribution is 6.01. The van der Waals surface area contributed by atoms with Crippen molar-refractivity contribution in [2.24, 2.45) is 0 Å². The van der Waals surface area contributed by atoms with Crippen molar-refractivity contribution in [3.63, 3.8) is 0 Å². The molecule has 1 fully saturated rings. The lowest BCUT2D eigenvalue weighted by molar-refractivity contribution is -0.134. The van der Waals surface area contributed by atoms with Crippen LogP contribution in [-0.4, -0.2) is 91.5 Å². The lowest BCUT2D eigenvalue weighted by Gasteiger charge is -2.33. The van der Waals surface area contributed by atoms with Crippen molar-refractivity contribution in [3.8, 4) is 11.8 Å². The van der Waals surface area contributed by atoms with E-state index >= 15 is 0 Å². The SMILES string of the molecule is COCCOc1cc(NC(=O)N2CCCc3cc(CN4CCN(C)C(=O)C4)c(C=O)nc32)ncc1C#N. The van der Waals surface area contributed by atoms with Crippen molar-refractivity contribution in [1.82, 2.24) is 19.8 Å². The molecule has 37 heavy (non-hydrogen) atoms. The average molecular weight is 508 g/mol. The number of amides is 3. The maximum absolute atomic E-state index is 13.2. The standard InChI is InChI=1S/C25H29N7O5/c1-30-6-7-31(15-23(30)34)14-18-10-17-4-3-5-32(24(17)28-20(18)16-33)25(35)29-22-11-21(37-9-8-36-2)19(12-26)13-27-22/h10-11,13,16H,3-9,14-15H2,1-2H3,(H,27,29,35). The minimum Gasteiger partial charge on any atom is -0.490 e. The van der Waals surface area contributed by atoms with E-state index in [1.165, 1.54) is 17.2 Å². The molecular formula is C25H29N7O5. The normalized spacial score (nSPS) is 15.6. The molecule has 0 atom stereocenters. The Morgan fingerprint density at radius 3 is 2.84 bits per heavy atom. The van der Waals surface area contributed by atoms with Gasteiger partial charge < -0.3 is 14.4 Å². The number of ether oxygens (including phenoxy) is 2. The van der Waals surface area contributed by atoms with E-state index in [0.717, 1.165) is 17.5 Å². The Morgan fingerprint density at radius 2 is 2.11 bits per heavy atom. The molecule has 1 saturated heterocycles. The highest BCUT2D eigenvalue weighted by Crippen LogP contribution is 2.29. The smallest absolute Gasteiger partial charge is 0.328 e. The fourth-order valence-corrected chi connectivity index (χ4v) is 4.29. The zero-order valence-corrected chi connectivity index (χ0v) is 20.9. The van der Waals surface area contributed by atoms with Crippen LogP contribution in [0.25, 0.3) is 0 Å². The second-order valence-corrected chi connectivity index (χ2v) is 8.86. The number of nitrogens with one attached hydrogen (secondary N) is 1. The van der Waals surface area contributed by atoms with Crippen LogP contribution in [-0.2, 0) is 22.5 Å². The maximum atomic E-state index is 13.2. The van der Waals surface area contributed by atoms with Crippen LogP contribution in [0.5, 0.6) is 5.75 Å². The summed E-state index contributed by atoms with van der Waals surface area (Å²) in [5.41, 5.74) is 2.08. The lowest BCUT2D eigenvalue weighted by Crippen LogP contribution is -2.48. The number of likely N-dealkylation sites (N-methyl/N-ethyl adjacent to an activating group) is 1. The lowest BCUT2D eigenvalue weighted by atomic mass is 10.0. The zero-order chi connectivity index (χ0) is 26.4. The molecule has 12 heteroatoms. The van der Waals surface area contributed by atoms with Crippen LogP contribution in [0.2, 0.25) is 0 Å². The van der Waals surface area contributed by atoms with Crippen LogP contribution in [0.15, 0.2) is 18.3 Å². The predicted octanol–water partition coefficient (Wildman–Crippen LogP) is 1.44. The fourth-order valence-electron chi connectivity index (χ4n) is 4.29. The third kappa shape index (κ3) is 6.02. The number of hydrogen-bond donors (Lipinski definition) is 1. The number of carbonyl (C=O) groups is 3. The molecule has 4 heterocycles. The third-order valence-corrected chi connectivity index (χ3v) is 6.33. The van der Waals surface area contributed by atoms with Gasteiger partial charge in [-0.2, -0.15) is 5.26 Å². The molecule has 194 valence electrons. The summed E-state index contributed by atoms with van der Waals surface area (Å²) in [4.78, 5) is 51.1. The van der Waals surface area contributed by atoms with Crippen LogP contribution in [0.1, 0.15) is 33.6 Å². The Hall–Kier alpha value is -4.08. The van der Waals surface area contributed by atoms with Gasteiger partial charge in [0.1, 0.15) is 41.3 Å². The van der Waals surface area contributed by atoms with Gasteiger partial charge in [-0.15, -0.1) is 0 Å². The Kier molecular flexibility index (Phi) is 8.27. The second-order valence-electron chi connectivity index (χ2n) is 8.86. The molecule has 2 aromatic rings. The van der Waals surface area contributed by atoms with E-state index in [2.05, 4.69) is 15.3 Å². The van der Waals surface area contributed by atoms with E-state index in [1.807, 2.05) is 17.0 Å². The minimum atomic E-state index is -0.456. The molecule has 4 rings (SSSR count). The summed E-state index contributed by atoms with van der Waals surface area (Å²) in [6, 6.07) is 4.96. The first-order valence-electron chi connectivity index (χ1n) is 12.0. The van der Waals surface area contributed by atoms with E-state index in [9.17, 15) is 19.6 Å². The number of methoxy groups -OCH3 is 1. The number of nitrogens with zero attached hydrogens (tertiary/aromatic N) is 6. The van der Waals surface area contributed by atoms with Crippen LogP contribution in [0.4, 0.5) is 16.4 Å². The van der Waals surface area contributed by atoms with E-state index in [0.29, 0.717) is 51.3 Å². The number of rotatable bonds is 8. The van der Waals surface area contributed by atoms with Crippen LogP contribution >= 0.6 is 0 Å². The molecule has 0 bridgehead atoms. The van der Waals surface area contributed by atoms with Gasteiger partial charge in [-0.3, -0.25) is 24.7 Å². The molecule has 0 radical (unpaired) electrons. The topological polar surface area (TPSA) is 141 Å². The number of urea groups is 1. The monoisotopic (exact) mass is 507 g/mol.